The molecule has 0 saturated heterocycles. The third-order valence-electron chi connectivity index (χ3n) is 2.53. The van der Waals surface area contributed by atoms with Gasteiger partial charge in [-0.3, -0.25) is 16.3 Å². The summed E-state index contributed by atoms with van der Waals surface area (Å²) in [7, 11) is 0. The smallest absolute Gasteiger partial charge is 0.194 e. The van der Waals surface area contributed by atoms with Crippen LogP contribution in [-0.4, -0.2) is 4.98 Å². The molecule has 3 N–H and O–H groups in total. The molecule has 0 bridgehead atoms. The van der Waals surface area contributed by atoms with Crippen molar-refractivity contribution < 1.29 is 13.2 Å². The van der Waals surface area contributed by atoms with Gasteiger partial charge in [-0.2, -0.15) is 0 Å². The molecule has 0 aliphatic rings. The topological polar surface area (TPSA) is 50.9 Å². The number of nitrogens with zero attached hydrogens (tertiary/aromatic N) is 1. The molecule has 0 fully saturated rings. The minimum absolute atomic E-state index is 0.00944. The van der Waals surface area contributed by atoms with E-state index in [-0.39, 0.29) is 5.56 Å². The highest BCUT2D eigenvalue weighted by molar-refractivity contribution is 7.09. The fraction of sp³-hybridized carbons (Fsp3) is 0.182. The zero-order chi connectivity index (χ0) is 13.1. The first kappa shape index (κ1) is 13.0. The maximum Gasteiger partial charge on any atom is 0.194 e. The molecule has 0 saturated carbocycles. The predicted molar refractivity (Wildman–Crippen MR) is 62.2 cm³/mol. The number of hydrogen-bond donors (Lipinski definition) is 2. The van der Waals surface area contributed by atoms with Crippen molar-refractivity contribution in [3.63, 3.8) is 0 Å². The average Bonchev–Trinajstić information content (AvgIpc) is 2.87. The van der Waals surface area contributed by atoms with E-state index in [4.69, 9.17) is 5.84 Å². The van der Waals surface area contributed by atoms with Crippen LogP contribution in [0, 0.1) is 17.5 Å². The van der Waals surface area contributed by atoms with Crippen molar-refractivity contribution in [3.8, 4) is 0 Å². The van der Waals surface area contributed by atoms with Gasteiger partial charge in [-0.15, -0.1) is 11.3 Å². The highest BCUT2D eigenvalue weighted by atomic mass is 32.1. The fourth-order valence-electron chi connectivity index (χ4n) is 1.61. The van der Waals surface area contributed by atoms with Gasteiger partial charge in [0, 0.05) is 23.1 Å². The SMILES string of the molecule is NNC(Cc1cncs1)c1ccc(F)c(F)c1F. The first-order chi connectivity index (χ1) is 8.63. The standard InChI is InChI=1S/C11H10F3N3S/c12-8-2-1-7(10(13)11(8)14)9(17-15)3-6-4-16-5-18-6/h1-2,4-5,9,17H,3,15H2. The average molecular weight is 273 g/mol. The molecule has 3 nitrogen and oxygen atoms in total. The quantitative estimate of drug-likeness (QED) is 0.510. The van der Waals surface area contributed by atoms with Gasteiger partial charge in [0.1, 0.15) is 0 Å². The van der Waals surface area contributed by atoms with Gasteiger partial charge in [0.15, 0.2) is 17.5 Å². The van der Waals surface area contributed by atoms with Crippen molar-refractivity contribution in [2.45, 2.75) is 12.5 Å². The van der Waals surface area contributed by atoms with E-state index in [1.807, 2.05) is 0 Å². The number of halogens is 3. The van der Waals surface area contributed by atoms with Gasteiger partial charge in [0.05, 0.1) is 11.6 Å². The minimum Gasteiger partial charge on any atom is -0.271 e. The Morgan fingerprint density at radius 3 is 2.67 bits per heavy atom. The van der Waals surface area contributed by atoms with Crippen LogP contribution in [0.4, 0.5) is 13.2 Å². The number of nitrogens with two attached hydrogens (primary N) is 1. The van der Waals surface area contributed by atoms with Gasteiger partial charge in [-0.25, -0.2) is 13.2 Å². The second-order valence-electron chi connectivity index (χ2n) is 3.66. The van der Waals surface area contributed by atoms with Crippen LogP contribution in [0.3, 0.4) is 0 Å². The van der Waals surface area contributed by atoms with E-state index in [2.05, 4.69) is 10.4 Å². The Balaban J connectivity index is 2.30. The van der Waals surface area contributed by atoms with Crippen LogP contribution < -0.4 is 11.3 Å². The largest absolute Gasteiger partial charge is 0.271 e. The summed E-state index contributed by atoms with van der Waals surface area (Å²) in [5.74, 6) is 1.40. The van der Waals surface area contributed by atoms with E-state index in [0.717, 1.165) is 10.9 Å². The Labute approximate surface area is 105 Å². The number of benzene rings is 1. The first-order valence-electron chi connectivity index (χ1n) is 5.10. The highest BCUT2D eigenvalue weighted by Gasteiger charge is 2.20. The Hall–Kier alpha value is -1.44. The molecular weight excluding hydrogens is 263 g/mol. The molecule has 1 heterocycles. The van der Waals surface area contributed by atoms with Gasteiger partial charge >= 0.3 is 0 Å². The van der Waals surface area contributed by atoms with E-state index >= 15 is 0 Å². The summed E-state index contributed by atoms with van der Waals surface area (Å²) in [5.41, 5.74) is 4.01. The molecule has 1 atom stereocenters. The Bertz CT molecular complexity index is 531. The Kier molecular flexibility index (Phi) is 3.95. The summed E-state index contributed by atoms with van der Waals surface area (Å²) in [6.45, 7) is 0. The molecule has 0 aliphatic heterocycles. The minimum atomic E-state index is -1.49. The molecule has 0 amide bonds. The molecule has 1 unspecified atom stereocenters. The van der Waals surface area contributed by atoms with E-state index in [9.17, 15) is 13.2 Å². The summed E-state index contributed by atoms with van der Waals surface area (Å²) in [6.07, 6.45) is 1.97. The molecule has 0 spiro atoms. The van der Waals surface area contributed by atoms with Crippen LogP contribution in [-0.2, 0) is 6.42 Å². The lowest BCUT2D eigenvalue weighted by molar-refractivity contribution is 0.425. The highest BCUT2D eigenvalue weighted by Crippen LogP contribution is 2.24. The van der Waals surface area contributed by atoms with Gasteiger partial charge in [-0.1, -0.05) is 6.07 Å². The maximum atomic E-state index is 13.6. The van der Waals surface area contributed by atoms with E-state index < -0.39 is 23.5 Å². The molecule has 1 aromatic carbocycles. The van der Waals surface area contributed by atoms with Crippen molar-refractivity contribution in [2.75, 3.05) is 0 Å². The molecule has 0 aliphatic carbocycles. The van der Waals surface area contributed by atoms with E-state index in [0.29, 0.717) is 6.42 Å². The molecule has 2 rings (SSSR count). The molecule has 0 radical (unpaired) electrons. The normalized spacial score (nSPS) is 12.7. The number of aromatic nitrogens is 1. The second kappa shape index (κ2) is 5.47. The van der Waals surface area contributed by atoms with Crippen LogP contribution in [0.15, 0.2) is 23.8 Å². The molecule has 2 aromatic rings. The van der Waals surface area contributed by atoms with Crippen molar-refractivity contribution in [3.05, 3.63) is 51.7 Å². The van der Waals surface area contributed by atoms with E-state index in [1.54, 1.807) is 11.7 Å². The molecule has 1 aromatic heterocycles. The third-order valence-corrected chi connectivity index (χ3v) is 3.33. The predicted octanol–water partition coefficient (Wildman–Crippen LogP) is 2.31. The number of nitrogens with one attached hydrogen (secondary N) is 1. The van der Waals surface area contributed by atoms with Crippen LogP contribution in [0.25, 0.3) is 0 Å². The van der Waals surface area contributed by atoms with Crippen molar-refractivity contribution >= 4 is 11.3 Å². The maximum absolute atomic E-state index is 13.6. The Morgan fingerprint density at radius 2 is 2.06 bits per heavy atom. The van der Waals surface area contributed by atoms with Gasteiger partial charge in [-0.05, 0) is 6.07 Å². The van der Waals surface area contributed by atoms with Gasteiger partial charge in [0.2, 0.25) is 0 Å². The van der Waals surface area contributed by atoms with Crippen LogP contribution in [0.1, 0.15) is 16.5 Å². The Morgan fingerprint density at radius 1 is 1.28 bits per heavy atom. The number of hydrogen-bond acceptors (Lipinski definition) is 4. The lowest BCUT2D eigenvalue weighted by Gasteiger charge is -2.16. The molecule has 96 valence electrons. The fourth-order valence-corrected chi connectivity index (χ4v) is 2.25. The lowest BCUT2D eigenvalue weighted by Crippen LogP contribution is -2.30. The lowest BCUT2D eigenvalue weighted by atomic mass is 10.0. The summed E-state index contributed by atoms with van der Waals surface area (Å²) in [4.78, 5) is 4.74. The van der Waals surface area contributed by atoms with Crippen molar-refractivity contribution in [1.82, 2.24) is 10.4 Å². The van der Waals surface area contributed by atoms with Crippen LogP contribution >= 0.6 is 11.3 Å². The number of hydrazine groups is 1. The summed E-state index contributed by atoms with van der Waals surface area (Å²) in [6, 6.07) is 1.42. The first-order valence-corrected chi connectivity index (χ1v) is 5.98. The monoisotopic (exact) mass is 273 g/mol. The van der Waals surface area contributed by atoms with Crippen molar-refractivity contribution in [1.29, 1.82) is 0 Å². The zero-order valence-corrected chi connectivity index (χ0v) is 9.98. The summed E-state index contributed by atoms with van der Waals surface area (Å²) < 4.78 is 39.6. The molecular formula is C11H10F3N3S. The summed E-state index contributed by atoms with van der Waals surface area (Å²) in [5, 5.41) is 0. The van der Waals surface area contributed by atoms with Crippen LogP contribution in [0.2, 0.25) is 0 Å². The number of thiazole rings is 1. The van der Waals surface area contributed by atoms with Gasteiger partial charge in [0.25, 0.3) is 0 Å². The second-order valence-corrected chi connectivity index (χ2v) is 4.63. The molecule has 18 heavy (non-hydrogen) atoms. The summed E-state index contributed by atoms with van der Waals surface area (Å²) >= 11 is 1.38. The van der Waals surface area contributed by atoms with Crippen LogP contribution in [0.5, 0.6) is 0 Å². The third kappa shape index (κ3) is 2.53. The number of rotatable bonds is 4. The molecule has 7 heteroatoms. The van der Waals surface area contributed by atoms with Crippen molar-refractivity contribution in [2.24, 2.45) is 5.84 Å². The van der Waals surface area contributed by atoms with Gasteiger partial charge < -0.3 is 0 Å². The zero-order valence-electron chi connectivity index (χ0n) is 9.16. The van der Waals surface area contributed by atoms with E-state index in [1.165, 1.54) is 17.4 Å².